The molecule has 0 saturated heterocycles. The first-order valence-electron chi connectivity index (χ1n) is 7.25. The summed E-state index contributed by atoms with van der Waals surface area (Å²) in [4.78, 5) is 29.0. The molecule has 23 heavy (non-hydrogen) atoms. The molecule has 0 fully saturated rings. The summed E-state index contributed by atoms with van der Waals surface area (Å²) in [6.45, 7) is 2.07. The smallest absolute Gasteiger partial charge is 0.223 e. The predicted octanol–water partition coefficient (Wildman–Crippen LogP) is 2.28. The van der Waals surface area contributed by atoms with E-state index >= 15 is 0 Å². The summed E-state index contributed by atoms with van der Waals surface area (Å²) in [5.41, 5.74) is 1.52. The number of hydrogen-bond acceptors (Lipinski definition) is 3. The van der Waals surface area contributed by atoms with E-state index in [9.17, 15) is 14.0 Å². The first-order chi connectivity index (χ1) is 11.1. The molecule has 2 amide bonds. The molecule has 0 bridgehead atoms. The molecule has 0 spiro atoms. The number of pyridine rings is 1. The highest BCUT2D eigenvalue weighted by Gasteiger charge is 2.13. The van der Waals surface area contributed by atoms with Gasteiger partial charge in [-0.05, 0) is 42.0 Å². The summed E-state index contributed by atoms with van der Waals surface area (Å²) in [6, 6.07) is 9.25. The van der Waals surface area contributed by atoms with Gasteiger partial charge in [0.2, 0.25) is 11.8 Å². The zero-order valence-corrected chi connectivity index (χ0v) is 12.8. The van der Waals surface area contributed by atoms with E-state index in [4.69, 9.17) is 0 Å². The summed E-state index contributed by atoms with van der Waals surface area (Å²) < 4.78 is 13.0. The third-order valence-electron chi connectivity index (χ3n) is 3.32. The number of amides is 2. The van der Waals surface area contributed by atoms with Crippen molar-refractivity contribution in [3.05, 3.63) is 60.2 Å². The van der Waals surface area contributed by atoms with Gasteiger partial charge in [-0.15, -0.1) is 0 Å². The van der Waals surface area contributed by atoms with Crippen LogP contribution in [0.5, 0.6) is 0 Å². The minimum Gasteiger partial charge on any atom is -0.352 e. The Balaban J connectivity index is 1.87. The van der Waals surface area contributed by atoms with Crippen LogP contribution in [-0.4, -0.2) is 23.3 Å². The average molecular weight is 315 g/mol. The molecule has 0 aliphatic heterocycles. The van der Waals surface area contributed by atoms with Gasteiger partial charge in [0.05, 0.1) is 0 Å². The highest BCUT2D eigenvalue weighted by atomic mass is 19.1. The van der Waals surface area contributed by atoms with Gasteiger partial charge in [0.15, 0.2) is 0 Å². The highest BCUT2D eigenvalue weighted by Crippen LogP contribution is 2.15. The maximum absolute atomic E-state index is 13.0. The van der Waals surface area contributed by atoms with Crippen LogP contribution in [0.2, 0.25) is 0 Å². The number of carbonyl (C=O) groups excluding carboxylic acids is 2. The molecule has 0 saturated carbocycles. The van der Waals surface area contributed by atoms with Gasteiger partial charge < -0.3 is 10.2 Å². The molecule has 2 rings (SSSR count). The van der Waals surface area contributed by atoms with Gasteiger partial charge in [0, 0.05) is 44.5 Å². The summed E-state index contributed by atoms with van der Waals surface area (Å²) in [5, 5.41) is 2.79. The van der Waals surface area contributed by atoms with Crippen molar-refractivity contribution in [2.75, 3.05) is 11.4 Å². The molecule has 0 aliphatic carbocycles. The molecule has 5 nitrogen and oxygen atoms in total. The van der Waals surface area contributed by atoms with E-state index in [1.807, 2.05) is 12.1 Å². The second-order valence-corrected chi connectivity index (χ2v) is 5.03. The summed E-state index contributed by atoms with van der Waals surface area (Å²) in [6.07, 6.45) is 3.49. The van der Waals surface area contributed by atoms with Gasteiger partial charge >= 0.3 is 0 Å². The van der Waals surface area contributed by atoms with Crippen LogP contribution in [0.15, 0.2) is 48.8 Å². The fourth-order valence-corrected chi connectivity index (χ4v) is 2.09. The minimum absolute atomic E-state index is 0.157. The number of hydrogen-bond donors (Lipinski definition) is 1. The lowest BCUT2D eigenvalue weighted by molar-refractivity contribution is -0.121. The van der Waals surface area contributed by atoms with E-state index in [1.165, 1.54) is 36.1 Å². The maximum atomic E-state index is 13.0. The van der Waals surface area contributed by atoms with Crippen molar-refractivity contribution in [1.82, 2.24) is 10.3 Å². The van der Waals surface area contributed by atoms with Crippen LogP contribution in [0.1, 0.15) is 18.9 Å². The summed E-state index contributed by atoms with van der Waals surface area (Å²) in [5.74, 6) is -0.721. The van der Waals surface area contributed by atoms with E-state index in [-0.39, 0.29) is 30.6 Å². The Morgan fingerprint density at radius 2 is 1.78 bits per heavy atom. The SMILES string of the molecule is CC(=O)N(CCC(=O)NCc1ccncc1)c1ccc(F)cc1. The normalized spacial score (nSPS) is 10.2. The Labute approximate surface area is 134 Å². The standard InChI is InChI=1S/C17H18FN3O2/c1-13(22)21(16-4-2-15(18)3-5-16)11-8-17(23)20-12-14-6-9-19-10-7-14/h2-7,9-10H,8,11-12H2,1H3,(H,20,23). The van der Waals surface area contributed by atoms with E-state index in [2.05, 4.69) is 10.3 Å². The molecule has 1 aromatic heterocycles. The Hall–Kier alpha value is -2.76. The van der Waals surface area contributed by atoms with Crippen LogP contribution >= 0.6 is 0 Å². The first-order valence-corrected chi connectivity index (χ1v) is 7.25. The molecule has 6 heteroatoms. The van der Waals surface area contributed by atoms with Crippen LogP contribution in [0.4, 0.5) is 10.1 Å². The number of halogens is 1. The van der Waals surface area contributed by atoms with Crippen molar-refractivity contribution >= 4 is 17.5 Å². The molecule has 0 atom stereocenters. The Bertz CT molecular complexity index is 659. The maximum Gasteiger partial charge on any atom is 0.223 e. The van der Waals surface area contributed by atoms with Gasteiger partial charge in [-0.25, -0.2) is 4.39 Å². The zero-order valence-electron chi connectivity index (χ0n) is 12.8. The molecule has 1 N–H and O–H groups in total. The molecule has 1 aromatic carbocycles. The van der Waals surface area contributed by atoms with Gasteiger partial charge in [0.25, 0.3) is 0 Å². The van der Waals surface area contributed by atoms with Crippen LogP contribution < -0.4 is 10.2 Å². The van der Waals surface area contributed by atoms with Crippen molar-refractivity contribution in [1.29, 1.82) is 0 Å². The summed E-state index contributed by atoms with van der Waals surface area (Å²) in [7, 11) is 0. The lowest BCUT2D eigenvalue weighted by Crippen LogP contribution is -2.33. The highest BCUT2D eigenvalue weighted by molar-refractivity contribution is 5.92. The quantitative estimate of drug-likeness (QED) is 0.889. The van der Waals surface area contributed by atoms with Crippen molar-refractivity contribution < 1.29 is 14.0 Å². The van der Waals surface area contributed by atoms with Gasteiger partial charge in [-0.1, -0.05) is 0 Å². The zero-order chi connectivity index (χ0) is 16.7. The second-order valence-electron chi connectivity index (χ2n) is 5.03. The lowest BCUT2D eigenvalue weighted by atomic mass is 10.2. The van der Waals surface area contributed by atoms with Crippen LogP contribution in [0, 0.1) is 5.82 Å². The molecule has 0 radical (unpaired) electrons. The van der Waals surface area contributed by atoms with Gasteiger partial charge in [-0.3, -0.25) is 14.6 Å². The number of rotatable bonds is 6. The van der Waals surface area contributed by atoms with Crippen LogP contribution in [0.25, 0.3) is 0 Å². The Morgan fingerprint density at radius 1 is 1.13 bits per heavy atom. The molecule has 120 valence electrons. The van der Waals surface area contributed by atoms with E-state index in [1.54, 1.807) is 12.4 Å². The number of carbonyl (C=O) groups is 2. The number of benzene rings is 1. The van der Waals surface area contributed by atoms with Crippen molar-refractivity contribution in [2.45, 2.75) is 19.9 Å². The Morgan fingerprint density at radius 3 is 2.39 bits per heavy atom. The van der Waals surface area contributed by atoms with E-state index in [0.717, 1.165) is 5.56 Å². The average Bonchev–Trinajstić information content (AvgIpc) is 2.55. The third-order valence-corrected chi connectivity index (χ3v) is 3.32. The minimum atomic E-state index is -0.368. The molecule has 1 heterocycles. The van der Waals surface area contributed by atoms with Crippen molar-refractivity contribution in [3.63, 3.8) is 0 Å². The molecule has 2 aromatic rings. The Kier molecular flexibility index (Phi) is 5.80. The van der Waals surface area contributed by atoms with E-state index in [0.29, 0.717) is 12.2 Å². The fraction of sp³-hybridized carbons (Fsp3) is 0.235. The van der Waals surface area contributed by atoms with Gasteiger partial charge in [0.1, 0.15) is 5.82 Å². The second kappa shape index (κ2) is 8.03. The largest absolute Gasteiger partial charge is 0.352 e. The molecular formula is C17H18FN3O2. The third kappa shape index (κ3) is 5.18. The van der Waals surface area contributed by atoms with Crippen molar-refractivity contribution in [2.24, 2.45) is 0 Å². The van der Waals surface area contributed by atoms with Crippen LogP contribution in [-0.2, 0) is 16.1 Å². The lowest BCUT2D eigenvalue weighted by Gasteiger charge is -2.21. The topological polar surface area (TPSA) is 62.3 Å². The number of anilines is 1. The number of aromatic nitrogens is 1. The monoisotopic (exact) mass is 315 g/mol. The number of nitrogens with zero attached hydrogens (tertiary/aromatic N) is 2. The van der Waals surface area contributed by atoms with Gasteiger partial charge in [-0.2, -0.15) is 0 Å². The predicted molar refractivity (Wildman–Crippen MR) is 85.1 cm³/mol. The molecular weight excluding hydrogens is 297 g/mol. The van der Waals surface area contributed by atoms with Crippen molar-refractivity contribution in [3.8, 4) is 0 Å². The first kappa shape index (κ1) is 16.6. The van der Waals surface area contributed by atoms with E-state index < -0.39 is 0 Å². The number of nitrogens with one attached hydrogen (secondary N) is 1. The summed E-state index contributed by atoms with van der Waals surface area (Å²) >= 11 is 0. The molecule has 0 aliphatic rings. The van der Waals surface area contributed by atoms with Crippen LogP contribution in [0.3, 0.4) is 0 Å². The fourth-order valence-electron chi connectivity index (χ4n) is 2.09. The molecule has 0 unspecified atom stereocenters.